The average Bonchev–Trinajstić information content (AvgIpc) is 2.50. The normalized spacial score (nSPS) is 20.9. The van der Waals surface area contributed by atoms with Crippen LogP contribution in [0.25, 0.3) is 0 Å². The summed E-state index contributed by atoms with van der Waals surface area (Å²) in [5, 5.41) is 1.21. The van der Waals surface area contributed by atoms with Gasteiger partial charge in [0.25, 0.3) is 5.91 Å². The molecule has 0 unspecified atom stereocenters. The summed E-state index contributed by atoms with van der Waals surface area (Å²) >= 11 is 0. The molecule has 4 nitrogen and oxygen atoms in total. The van der Waals surface area contributed by atoms with E-state index in [0.717, 1.165) is 25.7 Å². The van der Waals surface area contributed by atoms with E-state index in [1.54, 1.807) is 7.05 Å². The van der Waals surface area contributed by atoms with E-state index in [2.05, 4.69) is 0 Å². The van der Waals surface area contributed by atoms with Crippen LogP contribution in [-0.4, -0.2) is 30.7 Å². The van der Waals surface area contributed by atoms with E-state index in [1.165, 1.54) is 12.2 Å². The topological polar surface area (TPSA) is 55.6 Å². The summed E-state index contributed by atoms with van der Waals surface area (Å²) in [4.78, 5) is 16.4. The molecule has 0 aromatic heterocycles. The van der Waals surface area contributed by atoms with Crippen LogP contribution in [0.5, 0.6) is 0 Å². The molecule has 12 heavy (non-hydrogen) atoms. The fraction of sp³-hybridized carbons (Fsp3) is 0.875. The van der Waals surface area contributed by atoms with Crippen molar-refractivity contribution in [3.8, 4) is 0 Å². The number of hydroxylamine groups is 2. The van der Waals surface area contributed by atoms with Gasteiger partial charge in [-0.3, -0.25) is 9.63 Å². The van der Waals surface area contributed by atoms with Crippen molar-refractivity contribution in [3.63, 3.8) is 0 Å². The number of rotatable bonds is 2. The monoisotopic (exact) mass is 172 g/mol. The first kappa shape index (κ1) is 9.48. The predicted octanol–water partition coefficient (Wildman–Crippen LogP) is 0.278. The summed E-state index contributed by atoms with van der Waals surface area (Å²) in [6, 6.07) is 0. The molecule has 0 aromatic carbocycles. The Morgan fingerprint density at radius 3 is 2.42 bits per heavy atom. The van der Waals surface area contributed by atoms with Crippen LogP contribution in [0.4, 0.5) is 0 Å². The van der Waals surface area contributed by atoms with Crippen LogP contribution in [-0.2, 0) is 9.63 Å². The number of nitrogens with zero attached hydrogens (tertiary/aromatic N) is 1. The molecule has 0 bridgehead atoms. The second-order valence-electron chi connectivity index (χ2n) is 3.35. The minimum atomic E-state index is -0.662. The first-order valence-corrected chi connectivity index (χ1v) is 4.21. The summed E-state index contributed by atoms with van der Waals surface area (Å²) < 4.78 is 0. The maximum Gasteiger partial charge on any atom is 0.265 e. The maximum absolute atomic E-state index is 11.6. The number of nitrogens with two attached hydrogens (primary N) is 1. The van der Waals surface area contributed by atoms with Gasteiger partial charge in [-0.15, -0.1) is 0 Å². The van der Waals surface area contributed by atoms with Gasteiger partial charge in [-0.05, 0) is 12.8 Å². The van der Waals surface area contributed by atoms with Crippen molar-refractivity contribution < 1.29 is 9.63 Å². The zero-order valence-corrected chi connectivity index (χ0v) is 7.67. The highest BCUT2D eigenvalue weighted by Crippen LogP contribution is 2.28. The first-order chi connectivity index (χ1) is 5.60. The minimum Gasteiger partial charge on any atom is -0.317 e. The number of likely N-dealkylation sites (N-methyl/N-ethyl adjacent to an activating group) is 1. The molecule has 0 spiro atoms. The number of carbonyl (C=O) groups excluding carboxylic acids is 1. The molecule has 0 aliphatic heterocycles. The quantitative estimate of drug-likeness (QED) is 0.608. The molecule has 1 aliphatic rings. The van der Waals surface area contributed by atoms with Gasteiger partial charge in [-0.2, -0.15) is 0 Å². The van der Waals surface area contributed by atoms with Gasteiger partial charge in [0.05, 0.1) is 12.6 Å². The lowest BCUT2D eigenvalue weighted by atomic mass is 9.98. The van der Waals surface area contributed by atoms with Crippen molar-refractivity contribution in [2.24, 2.45) is 5.73 Å². The zero-order chi connectivity index (χ0) is 9.19. The number of amides is 1. The molecule has 1 rings (SSSR count). The Labute approximate surface area is 72.6 Å². The molecular weight excluding hydrogens is 156 g/mol. The highest BCUT2D eigenvalue weighted by molar-refractivity contribution is 5.85. The van der Waals surface area contributed by atoms with Crippen molar-refractivity contribution in [1.29, 1.82) is 0 Å². The summed E-state index contributed by atoms with van der Waals surface area (Å²) in [6.45, 7) is 0. The lowest BCUT2D eigenvalue weighted by molar-refractivity contribution is -0.174. The Hall–Kier alpha value is -0.610. The molecule has 1 saturated carbocycles. The Morgan fingerprint density at radius 2 is 2.00 bits per heavy atom. The molecule has 0 heterocycles. The van der Waals surface area contributed by atoms with E-state index >= 15 is 0 Å². The largest absolute Gasteiger partial charge is 0.317 e. The van der Waals surface area contributed by atoms with Crippen molar-refractivity contribution in [3.05, 3.63) is 0 Å². The van der Waals surface area contributed by atoms with Crippen molar-refractivity contribution in [2.45, 2.75) is 31.2 Å². The van der Waals surface area contributed by atoms with Gasteiger partial charge in [-0.1, -0.05) is 12.8 Å². The van der Waals surface area contributed by atoms with Crippen LogP contribution in [0.15, 0.2) is 0 Å². The van der Waals surface area contributed by atoms with Crippen LogP contribution in [0.2, 0.25) is 0 Å². The minimum absolute atomic E-state index is 0.109. The summed E-state index contributed by atoms with van der Waals surface area (Å²) in [5.41, 5.74) is 5.25. The second-order valence-corrected chi connectivity index (χ2v) is 3.35. The molecule has 0 aromatic rings. The fourth-order valence-electron chi connectivity index (χ4n) is 1.62. The molecule has 1 fully saturated rings. The first-order valence-electron chi connectivity index (χ1n) is 4.21. The van der Waals surface area contributed by atoms with E-state index < -0.39 is 5.54 Å². The lowest BCUT2D eigenvalue weighted by Crippen LogP contribution is -2.52. The Bertz CT molecular complexity index is 176. The second kappa shape index (κ2) is 3.41. The maximum atomic E-state index is 11.6. The standard InChI is InChI=1S/C8H16N2O2/c1-10(12-2)7(11)8(9)5-3-4-6-8/h3-6,9H2,1-2H3. The van der Waals surface area contributed by atoms with Crippen molar-refractivity contribution in [2.75, 3.05) is 14.2 Å². The van der Waals surface area contributed by atoms with E-state index in [1.807, 2.05) is 0 Å². The number of hydrogen-bond donors (Lipinski definition) is 1. The van der Waals surface area contributed by atoms with Gasteiger partial charge in [0.2, 0.25) is 0 Å². The van der Waals surface area contributed by atoms with Crippen LogP contribution in [0.3, 0.4) is 0 Å². The summed E-state index contributed by atoms with van der Waals surface area (Å²) in [7, 11) is 3.06. The smallest absolute Gasteiger partial charge is 0.265 e. The van der Waals surface area contributed by atoms with Gasteiger partial charge in [-0.25, -0.2) is 5.06 Å². The van der Waals surface area contributed by atoms with Crippen molar-refractivity contribution in [1.82, 2.24) is 5.06 Å². The molecule has 2 N–H and O–H groups in total. The van der Waals surface area contributed by atoms with Gasteiger partial charge in [0.1, 0.15) is 0 Å². The highest BCUT2D eigenvalue weighted by Gasteiger charge is 2.39. The lowest BCUT2D eigenvalue weighted by Gasteiger charge is -2.26. The highest BCUT2D eigenvalue weighted by atomic mass is 16.7. The number of hydrogen-bond acceptors (Lipinski definition) is 3. The predicted molar refractivity (Wildman–Crippen MR) is 45.2 cm³/mol. The molecule has 70 valence electrons. The Kier molecular flexibility index (Phi) is 2.69. The Balaban J connectivity index is 2.61. The van der Waals surface area contributed by atoms with E-state index in [4.69, 9.17) is 10.6 Å². The van der Waals surface area contributed by atoms with Crippen LogP contribution in [0.1, 0.15) is 25.7 Å². The van der Waals surface area contributed by atoms with Gasteiger partial charge < -0.3 is 5.73 Å². The molecule has 0 atom stereocenters. The van der Waals surface area contributed by atoms with Gasteiger partial charge >= 0.3 is 0 Å². The van der Waals surface area contributed by atoms with Gasteiger partial charge in [0, 0.05) is 7.05 Å². The number of carbonyl (C=O) groups is 1. The average molecular weight is 172 g/mol. The molecule has 0 radical (unpaired) electrons. The summed E-state index contributed by atoms with van der Waals surface area (Å²) in [5.74, 6) is -0.109. The summed E-state index contributed by atoms with van der Waals surface area (Å²) in [6.07, 6.45) is 3.64. The molecule has 0 saturated heterocycles. The molecule has 1 amide bonds. The molecule has 1 aliphatic carbocycles. The van der Waals surface area contributed by atoms with E-state index in [9.17, 15) is 4.79 Å². The fourth-order valence-corrected chi connectivity index (χ4v) is 1.62. The van der Waals surface area contributed by atoms with Crippen LogP contribution >= 0.6 is 0 Å². The van der Waals surface area contributed by atoms with Crippen LogP contribution < -0.4 is 5.73 Å². The van der Waals surface area contributed by atoms with E-state index in [-0.39, 0.29) is 5.91 Å². The zero-order valence-electron chi connectivity index (χ0n) is 7.67. The SMILES string of the molecule is CON(C)C(=O)C1(N)CCCC1. The van der Waals surface area contributed by atoms with Gasteiger partial charge in [0.15, 0.2) is 0 Å². The Morgan fingerprint density at radius 1 is 1.50 bits per heavy atom. The third kappa shape index (κ3) is 1.59. The van der Waals surface area contributed by atoms with Crippen LogP contribution in [0, 0.1) is 0 Å². The van der Waals surface area contributed by atoms with Crippen molar-refractivity contribution >= 4 is 5.91 Å². The molecular formula is C8H16N2O2. The molecule has 4 heteroatoms. The van der Waals surface area contributed by atoms with E-state index in [0.29, 0.717) is 0 Å². The third-order valence-corrected chi connectivity index (χ3v) is 2.48. The third-order valence-electron chi connectivity index (χ3n) is 2.48.